The molecule has 1 saturated heterocycles. The van der Waals surface area contributed by atoms with Crippen molar-refractivity contribution in [2.75, 3.05) is 40.3 Å². The molecular formula is C16H34N2O2. The number of ether oxygens (including phenoxy) is 1. The zero-order valence-corrected chi connectivity index (χ0v) is 14.4. The third kappa shape index (κ3) is 4.42. The lowest BCUT2D eigenvalue weighted by Gasteiger charge is -2.33. The van der Waals surface area contributed by atoms with Crippen molar-refractivity contribution in [2.45, 2.75) is 58.3 Å². The summed E-state index contributed by atoms with van der Waals surface area (Å²) in [4.78, 5) is 4.67. The van der Waals surface area contributed by atoms with Gasteiger partial charge in [-0.05, 0) is 54.8 Å². The summed E-state index contributed by atoms with van der Waals surface area (Å²) in [7, 11) is 4.20. The molecule has 2 unspecified atom stereocenters. The summed E-state index contributed by atoms with van der Waals surface area (Å²) >= 11 is 0. The van der Waals surface area contributed by atoms with Gasteiger partial charge in [-0.15, -0.1) is 0 Å². The van der Waals surface area contributed by atoms with Crippen LogP contribution in [0.5, 0.6) is 0 Å². The Morgan fingerprint density at radius 1 is 1.00 bits per heavy atom. The van der Waals surface area contributed by atoms with Gasteiger partial charge in [-0.1, -0.05) is 6.92 Å². The minimum atomic E-state index is -0.451. The van der Waals surface area contributed by atoms with Crippen LogP contribution >= 0.6 is 0 Å². The normalized spacial score (nSPS) is 28.5. The molecule has 2 atom stereocenters. The van der Waals surface area contributed by atoms with Gasteiger partial charge in [-0.2, -0.15) is 0 Å². The summed E-state index contributed by atoms with van der Waals surface area (Å²) in [6.07, 6.45) is 0.734. The van der Waals surface area contributed by atoms with E-state index < -0.39 is 11.7 Å². The molecule has 20 heavy (non-hydrogen) atoms. The Bertz CT molecular complexity index is 303. The molecule has 0 aromatic carbocycles. The van der Waals surface area contributed by atoms with Crippen LogP contribution in [-0.2, 0) is 4.74 Å². The van der Waals surface area contributed by atoms with Crippen molar-refractivity contribution in [3.8, 4) is 0 Å². The monoisotopic (exact) mass is 286 g/mol. The fourth-order valence-electron chi connectivity index (χ4n) is 3.23. The third-order valence-electron chi connectivity index (χ3n) is 4.37. The second-order valence-electron chi connectivity index (χ2n) is 7.46. The van der Waals surface area contributed by atoms with Crippen LogP contribution in [0.15, 0.2) is 0 Å². The van der Waals surface area contributed by atoms with Gasteiger partial charge in [0.05, 0.1) is 17.3 Å². The Kier molecular flexibility index (Phi) is 6.02. The van der Waals surface area contributed by atoms with Gasteiger partial charge in [-0.3, -0.25) is 0 Å². The van der Waals surface area contributed by atoms with Gasteiger partial charge in [-0.25, -0.2) is 0 Å². The zero-order valence-electron chi connectivity index (χ0n) is 14.4. The van der Waals surface area contributed by atoms with Crippen LogP contribution in [0.3, 0.4) is 0 Å². The number of aliphatic hydroxyl groups is 1. The van der Waals surface area contributed by atoms with Gasteiger partial charge < -0.3 is 19.6 Å². The first kappa shape index (κ1) is 17.9. The van der Waals surface area contributed by atoms with Gasteiger partial charge in [0.25, 0.3) is 0 Å². The van der Waals surface area contributed by atoms with Crippen molar-refractivity contribution in [2.24, 2.45) is 5.92 Å². The molecule has 0 spiro atoms. The molecule has 120 valence electrons. The molecule has 1 N–H and O–H groups in total. The highest BCUT2D eigenvalue weighted by Gasteiger charge is 2.53. The van der Waals surface area contributed by atoms with Crippen molar-refractivity contribution in [3.05, 3.63) is 0 Å². The van der Waals surface area contributed by atoms with Crippen molar-refractivity contribution in [3.63, 3.8) is 0 Å². The first-order valence-electron chi connectivity index (χ1n) is 7.85. The van der Waals surface area contributed by atoms with Gasteiger partial charge in [0.2, 0.25) is 0 Å². The predicted molar refractivity (Wildman–Crippen MR) is 84.0 cm³/mol. The highest BCUT2D eigenvalue weighted by atomic mass is 16.5. The molecule has 4 heteroatoms. The molecule has 1 aliphatic rings. The van der Waals surface area contributed by atoms with Crippen LogP contribution < -0.4 is 0 Å². The van der Waals surface area contributed by atoms with E-state index in [0.29, 0.717) is 0 Å². The first-order valence-corrected chi connectivity index (χ1v) is 7.85. The minimum Gasteiger partial charge on any atom is -0.390 e. The second-order valence-corrected chi connectivity index (χ2v) is 7.46. The van der Waals surface area contributed by atoms with Crippen LogP contribution in [0.25, 0.3) is 0 Å². The van der Waals surface area contributed by atoms with Crippen molar-refractivity contribution in [1.82, 2.24) is 9.80 Å². The maximum Gasteiger partial charge on any atom is 0.0896 e. The summed E-state index contributed by atoms with van der Waals surface area (Å²) in [5.41, 5.74) is -0.722. The zero-order chi connectivity index (χ0) is 15.6. The lowest BCUT2D eigenvalue weighted by molar-refractivity contribution is -0.0913. The Morgan fingerprint density at radius 2 is 1.60 bits per heavy atom. The molecule has 4 nitrogen and oxygen atoms in total. The summed E-state index contributed by atoms with van der Waals surface area (Å²) in [6.45, 7) is 14.5. The fourth-order valence-corrected chi connectivity index (χ4v) is 3.23. The van der Waals surface area contributed by atoms with Crippen LogP contribution in [0.1, 0.15) is 41.0 Å². The van der Waals surface area contributed by atoms with Crippen LogP contribution in [-0.4, -0.2) is 72.5 Å². The number of hydrogen-bond donors (Lipinski definition) is 1. The van der Waals surface area contributed by atoms with E-state index in [1.807, 2.05) is 13.8 Å². The van der Waals surface area contributed by atoms with Crippen LogP contribution in [0.4, 0.5) is 0 Å². The first-order chi connectivity index (χ1) is 9.10. The Hall–Kier alpha value is -0.160. The molecule has 1 rings (SSSR count). The van der Waals surface area contributed by atoms with E-state index in [1.165, 1.54) is 0 Å². The van der Waals surface area contributed by atoms with E-state index in [1.54, 1.807) is 0 Å². The molecule has 0 saturated carbocycles. The predicted octanol–water partition coefficient (Wildman–Crippen LogP) is 1.82. The van der Waals surface area contributed by atoms with Gasteiger partial charge in [0.1, 0.15) is 0 Å². The number of aliphatic hydroxyl groups excluding tert-OH is 1. The standard InChI is InChI=1S/C16H34N2O2/c1-8-9-18(11-10-17(6)7)12-13-14(19)16(4,5)20-15(13,2)3/h13-14,19H,8-12H2,1-7H3. The second kappa shape index (κ2) is 6.73. The lowest BCUT2D eigenvalue weighted by atomic mass is 9.84. The third-order valence-corrected chi connectivity index (χ3v) is 4.37. The fraction of sp³-hybridized carbons (Fsp3) is 1.00. The van der Waals surface area contributed by atoms with Gasteiger partial charge >= 0.3 is 0 Å². The maximum atomic E-state index is 10.6. The number of nitrogens with zero attached hydrogens (tertiary/aromatic N) is 2. The molecule has 0 aromatic rings. The average molecular weight is 286 g/mol. The summed E-state index contributed by atoms with van der Waals surface area (Å²) in [6, 6.07) is 0. The van der Waals surface area contributed by atoms with E-state index >= 15 is 0 Å². The van der Waals surface area contributed by atoms with E-state index in [-0.39, 0.29) is 11.5 Å². The van der Waals surface area contributed by atoms with E-state index in [0.717, 1.165) is 32.6 Å². The molecule has 0 bridgehead atoms. The minimum absolute atomic E-state index is 0.159. The number of likely N-dealkylation sites (N-methyl/N-ethyl adjacent to an activating group) is 1. The smallest absolute Gasteiger partial charge is 0.0896 e. The highest BCUT2D eigenvalue weighted by molar-refractivity contribution is 5.02. The Balaban J connectivity index is 2.71. The maximum absolute atomic E-state index is 10.6. The van der Waals surface area contributed by atoms with Gasteiger partial charge in [0.15, 0.2) is 0 Å². The topological polar surface area (TPSA) is 35.9 Å². The number of rotatable bonds is 7. The van der Waals surface area contributed by atoms with E-state index in [2.05, 4.69) is 44.7 Å². The highest BCUT2D eigenvalue weighted by Crippen LogP contribution is 2.42. The van der Waals surface area contributed by atoms with E-state index in [9.17, 15) is 5.11 Å². The quantitative estimate of drug-likeness (QED) is 0.774. The summed E-state index contributed by atoms with van der Waals surface area (Å²) in [5, 5.41) is 10.6. The van der Waals surface area contributed by atoms with Crippen molar-refractivity contribution >= 4 is 0 Å². The molecule has 0 radical (unpaired) electrons. The molecule has 0 aromatic heterocycles. The molecular weight excluding hydrogens is 252 g/mol. The summed E-state index contributed by atoms with van der Waals surface area (Å²) < 4.78 is 6.08. The van der Waals surface area contributed by atoms with Crippen molar-refractivity contribution in [1.29, 1.82) is 0 Å². The Labute approximate surface area is 125 Å². The van der Waals surface area contributed by atoms with Crippen LogP contribution in [0, 0.1) is 5.92 Å². The Morgan fingerprint density at radius 3 is 2.00 bits per heavy atom. The van der Waals surface area contributed by atoms with Crippen LogP contribution in [0.2, 0.25) is 0 Å². The van der Waals surface area contributed by atoms with E-state index in [4.69, 9.17) is 4.74 Å². The van der Waals surface area contributed by atoms with Gasteiger partial charge in [0, 0.05) is 25.6 Å². The molecule has 1 aliphatic heterocycles. The molecule has 0 amide bonds. The SMILES string of the molecule is CCCN(CCN(C)C)CC1C(O)C(C)(C)OC1(C)C. The molecule has 1 heterocycles. The lowest BCUT2D eigenvalue weighted by Crippen LogP contribution is -2.45. The molecule has 0 aliphatic carbocycles. The van der Waals surface area contributed by atoms with Crippen molar-refractivity contribution < 1.29 is 9.84 Å². The largest absolute Gasteiger partial charge is 0.390 e. The number of hydrogen-bond acceptors (Lipinski definition) is 4. The average Bonchev–Trinajstić information content (AvgIpc) is 2.44. The molecule has 1 fully saturated rings. The summed E-state index contributed by atoms with van der Waals surface area (Å²) in [5.74, 6) is 0.159.